The third-order valence-electron chi connectivity index (χ3n) is 2.18. The van der Waals surface area contributed by atoms with Crippen LogP contribution in [0.2, 0.25) is 0 Å². The van der Waals surface area contributed by atoms with E-state index in [9.17, 15) is 4.39 Å². The molecule has 0 radical (unpaired) electrons. The highest BCUT2D eigenvalue weighted by atomic mass is 18.2. The Morgan fingerprint density at radius 1 is 1.31 bits per heavy atom. The molecule has 3 heteroatoms. The predicted molar refractivity (Wildman–Crippen MR) is 61.9 cm³/mol. The molecule has 0 aliphatic heterocycles. The molecule has 0 fully saturated rings. The molecule has 1 rings (SSSR count). The van der Waals surface area contributed by atoms with E-state index in [1.165, 1.54) is 12.1 Å². The lowest BCUT2D eigenvalue weighted by molar-refractivity contribution is 0.0642. The number of rotatable bonds is 5. The monoisotopic (exact) mass is 223 g/mol. The fourth-order valence-corrected chi connectivity index (χ4v) is 1.20. The zero-order valence-electron chi connectivity index (χ0n) is 9.92. The second-order valence-corrected chi connectivity index (χ2v) is 3.92. The van der Waals surface area contributed by atoms with E-state index >= 15 is 0 Å². The van der Waals surface area contributed by atoms with Crippen LogP contribution in [-0.2, 0) is 4.74 Å². The summed E-state index contributed by atoms with van der Waals surface area (Å²) in [7, 11) is 0. The number of halogens is 1. The average Bonchev–Trinajstić information content (AvgIpc) is 2.21. The molecule has 0 aliphatic carbocycles. The number of hydrogen-bond acceptors (Lipinski definition) is 2. The molecule has 0 bridgehead atoms. The number of ether oxygens (including phenoxy) is 2. The summed E-state index contributed by atoms with van der Waals surface area (Å²) in [5.41, 5.74) is -0.631. The van der Waals surface area contributed by atoms with Crippen molar-refractivity contribution < 1.29 is 13.9 Å². The molecule has 1 aromatic rings. The largest absolute Gasteiger partial charge is 0.495 e. The fraction of sp³-hybridized carbons (Fsp3) is 0.385. The van der Waals surface area contributed by atoms with Crippen LogP contribution in [0, 0.1) is 5.82 Å². The lowest BCUT2D eigenvalue weighted by atomic mass is 10.1. The molecule has 0 unspecified atom stereocenters. The molecular weight excluding hydrogens is 206 g/mol. The van der Waals surface area contributed by atoms with Crippen LogP contribution in [0.4, 0.5) is 4.39 Å². The van der Waals surface area contributed by atoms with Gasteiger partial charge in [0.05, 0.1) is 6.61 Å². The van der Waals surface area contributed by atoms with E-state index in [1.807, 2.05) is 20.8 Å². The van der Waals surface area contributed by atoms with Crippen LogP contribution in [0.25, 0.3) is 0 Å². The van der Waals surface area contributed by atoms with Crippen molar-refractivity contribution in [1.82, 2.24) is 0 Å². The van der Waals surface area contributed by atoms with E-state index in [0.29, 0.717) is 18.1 Å². The Balaban J connectivity index is 2.72. The van der Waals surface area contributed by atoms with Crippen molar-refractivity contribution >= 4 is 0 Å². The van der Waals surface area contributed by atoms with Gasteiger partial charge in [0.2, 0.25) is 0 Å². The minimum Gasteiger partial charge on any atom is -0.495 e. The van der Waals surface area contributed by atoms with Crippen LogP contribution in [0.3, 0.4) is 0 Å². The molecule has 0 amide bonds. The molecular formula is C13H17FO2. The zero-order chi connectivity index (χ0) is 12.2. The zero-order valence-corrected chi connectivity index (χ0v) is 9.92. The highest BCUT2D eigenvalue weighted by Gasteiger charge is 2.25. The van der Waals surface area contributed by atoms with Crippen molar-refractivity contribution in [1.29, 1.82) is 0 Å². The standard InChI is InChI=1S/C13H17FO2/c1-5-15-10(2)13(3,4)16-12-8-6-11(14)7-9-12/h6-9H,2,5H2,1,3-4H3/i14-1. The molecule has 0 aromatic heterocycles. The van der Waals surface area contributed by atoms with Gasteiger partial charge >= 0.3 is 0 Å². The smallest absolute Gasteiger partial charge is 0.159 e. The molecule has 2 nitrogen and oxygen atoms in total. The van der Waals surface area contributed by atoms with Crippen LogP contribution in [0.5, 0.6) is 5.75 Å². The number of benzene rings is 1. The molecule has 0 saturated heterocycles. The van der Waals surface area contributed by atoms with E-state index < -0.39 is 5.60 Å². The maximum absolute atomic E-state index is 12.7. The van der Waals surface area contributed by atoms with Crippen LogP contribution >= 0.6 is 0 Å². The second-order valence-electron chi connectivity index (χ2n) is 3.92. The Kier molecular flexibility index (Phi) is 3.93. The summed E-state index contributed by atoms with van der Waals surface area (Å²) < 4.78 is 23.7. The lowest BCUT2D eigenvalue weighted by Gasteiger charge is -2.28. The summed E-state index contributed by atoms with van der Waals surface area (Å²) in [5, 5.41) is 0. The van der Waals surface area contributed by atoms with Crippen molar-refractivity contribution in [3.63, 3.8) is 0 Å². The summed E-state index contributed by atoms with van der Waals surface area (Å²) in [5.74, 6) is 0.861. The van der Waals surface area contributed by atoms with Crippen LogP contribution in [-0.4, -0.2) is 12.2 Å². The third kappa shape index (κ3) is 3.26. The van der Waals surface area contributed by atoms with Crippen molar-refractivity contribution in [3.05, 3.63) is 42.4 Å². The van der Waals surface area contributed by atoms with Gasteiger partial charge in [-0.3, -0.25) is 0 Å². The first-order valence-corrected chi connectivity index (χ1v) is 5.22. The molecule has 1 aromatic carbocycles. The van der Waals surface area contributed by atoms with Gasteiger partial charge in [0, 0.05) is 0 Å². The maximum Gasteiger partial charge on any atom is 0.159 e. The Hall–Kier alpha value is -1.51. The molecule has 0 atom stereocenters. The van der Waals surface area contributed by atoms with E-state index in [0.717, 1.165) is 0 Å². The second kappa shape index (κ2) is 5.01. The minimum atomic E-state index is -0.631. The molecule has 16 heavy (non-hydrogen) atoms. The predicted octanol–water partition coefficient (Wildman–Crippen LogP) is 3.53. The van der Waals surface area contributed by atoms with Gasteiger partial charge in [-0.25, -0.2) is 4.39 Å². The molecule has 0 aliphatic rings. The Morgan fingerprint density at radius 3 is 2.38 bits per heavy atom. The average molecular weight is 223 g/mol. The highest BCUT2D eigenvalue weighted by molar-refractivity contribution is 5.24. The van der Waals surface area contributed by atoms with Crippen LogP contribution < -0.4 is 4.74 Å². The van der Waals surface area contributed by atoms with Gasteiger partial charge in [-0.1, -0.05) is 6.58 Å². The highest BCUT2D eigenvalue weighted by Crippen LogP contribution is 2.24. The Bertz CT molecular complexity index is 355. The first-order valence-electron chi connectivity index (χ1n) is 5.22. The maximum atomic E-state index is 12.7. The van der Waals surface area contributed by atoms with Gasteiger partial charge in [0.15, 0.2) is 5.60 Å². The lowest BCUT2D eigenvalue weighted by Crippen LogP contribution is -2.31. The van der Waals surface area contributed by atoms with Gasteiger partial charge in [0.1, 0.15) is 17.3 Å². The van der Waals surface area contributed by atoms with Crippen molar-refractivity contribution in [2.75, 3.05) is 6.61 Å². The molecule has 0 N–H and O–H groups in total. The molecule has 0 heterocycles. The van der Waals surface area contributed by atoms with E-state index in [-0.39, 0.29) is 5.82 Å². The Labute approximate surface area is 95.7 Å². The molecule has 88 valence electrons. The molecule has 0 saturated carbocycles. The normalized spacial score (nSPS) is 11.0. The van der Waals surface area contributed by atoms with Crippen molar-refractivity contribution in [2.24, 2.45) is 0 Å². The summed E-state index contributed by atoms with van der Waals surface area (Å²) in [4.78, 5) is 0. The van der Waals surface area contributed by atoms with Gasteiger partial charge in [0.25, 0.3) is 0 Å². The van der Waals surface area contributed by atoms with Gasteiger partial charge in [-0.2, -0.15) is 0 Å². The summed E-state index contributed by atoms with van der Waals surface area (Å²) in [6.45, 7) is 9.96. The quantitative estimate of drug-likeness (QED) is 0.711. The molecule has 0 spiro atoms. The summed E-state index contributed by atoms with van der Waals surface area (Å²) >= 11 is 0. The van der Waals surface area contributed by atoms with Gasteiger partial charge in [-0.05, 0) is 45.0 Å². The summed E-state index contributed by atoms with van der Waals surface area (Å²) in [6, 6.07) is 5.87. The minimum absolute atomic E-state index is 0.284. The topological polar surface area (TPSA) is 18.5 Å². The first kappa shape index (κ1) is 12.6. The van der Waals surface area contributed by atoms with Gasteiger partial charge < -0.3 is 9.47 Å². The van der Waals surface area contributed by atoms with E-state index in [1.54, 1.807) is 12.1 Å². The summed E-state index contributed by atoms with van der Waals surface area (Å²) in [6.07, 6.45) is 0. The SMILES string of the molecule is C=C(OCC)C(C)(C)Oc1ccc([18F])cc1. The third-order valence-corrected chi connectivity index (χ3v) is 2.18. The van der Waals surface area contributed by atoms with E-state index in [2.05, 4.69) is 6.58 Å². The number of hydrogen-bond donors (Lipinski definition) is 0. The van der Waals surface area contributed by atoms with Crippen LogP contribution in [0.15, 0.2) is 36.6 Å². The van der Waals surface area contributed by atoms with Crippen LogP contribution in [0.1, 0.15) is 20.8 Å². The fourth-order valence-electron chi connectivity index (χ4n) is 1.20. The first-order chi connectivity index (χ1) is 7.45. The van der Waals surface area contributed by atoms with Crippen molar-refractivity contribution in [2.45, 2.75) is 26.4 Å². The van der Waals surface area contributed by atoms with E-state index in [4.69, 9.17) is 9.47 Å². The van der Waals surface area contributed by atoms with Crippen molar-refractivity contribution in [3.8, 4) is 5.75 Å². The Morgan fingerprint density at radius 2 is 1.88 bits per heavy atom. The van der Waals surface area contributed by atoms with Gasteiger partial charge in [-0.15, -0.1) is 0 Å².